The summed E-state index contributed by atoms with van der Waals surface area (Å²) in [7, 11) is 0. The number of rotatable bonds is 2. The summed E-state index contributed by atoms with van der Waals surface area (Å²) < 4.78 is 0. The van der Waals surface area contributed by atoms with Crippen LogP contribution in [0.15, 0.2) is 48.5 Å². The van der Waals surface area contributed by atoms with Crippen molar-refractivity contribution in [3.05, 3.63) is 65.2 Å². The average Bonchev–Trinajstić information content (AvgIpc) is 2.54. The topological polar surface area (TPSA) is 104 Å². The zero-order valence-corrected chi connectivity index (χ0v) is 11.7. The quantitative estimate of drug-likeness (QED) is 0.580. The lowest BCUT2D eigenvalue weighted by Gasteiger charge is -2.01. The van der Waals surface area contributed by atoms with Crippen LogP contribution in [0.2, 0.25) is 0 Å². The summed E-state index contributed by atoms with van der Waals surface area (Å²) in [5, 5.41) is 19.5. The average molecular weight is 309 g/mol. The van der Waals surface area contributed by atoms with Gasteiger partial charge in [0.05, 0.1) is 5.56 Å². The molecule has 2 aromatic rings. The van der Waals surface area contributed by atoms with Gasteiger partial charge in [-0.15, -0.1) is 0 Å². The lowest BCUT2D eigenvalue weighted by atomic mass is 10.1. The standard InChI is InChI=1S/C17H11NO5/c19-15(17(22)23)18-14-9-5-12(6-10-14)2-1-11-3-7-13(8-4-11)16(20)21/h3-10H,(H,18,19)(H,20,21)(H,22,23). The molecular weight excluding hydrogens is 298 g/mol. The van der Waals surface area contributed by atoms with E-state index in [0.717, 1.165) is 0 Å². The fourth-order valence-corrected chi connectivity index (χ4v) is 1.66. The van der Waals surface area contributed by atoms with Gasteiger partial charge in [-0.1, -0.05) is 11.8 Å². The molecule has 0 unspecified atom stereocenters. The Morgan fingerprint density at radius 3 is 1.70 bits per heavy atom. The molecule has 114 valence electrons. The molecule has 0 heterocycles. The van der Waals surface area contributed by atoms with E-state index in [1.54, 1.807) is 36.4 Å². The van der Waals surface area contributed by atoms with Crippen LogP contribution in [0.25, 0.3) is 0 Å². The van der Waals surface area contributed by atoms with E-state index in [-0.39, 0.29) is 5.56 Å². The van der Waals surface area contributed by atoms with Crippen molar-refractivity contribution in [2.45, 2.75) is 0 Å². The minimum absolute atomic E-state index is 0.189. The molecule has 0 radical (unpaired) electrons. The van der Waals surface area contributed by atoms with Crippen LogP contribution in [-0.4, -0.2) is 28.1 Å². The van der Waals surface area contributed by atoms with Crippen LogP contribution >= 0.6 is 0 Å². The third kappa shape index (κ3) is 4.44. The number of hydrogen-bond donors (Lipinski definition) is 3. The number of hydrogen-bond acceptors (Lipinski definition) is 3. The van der Waals surface area contributed by atoms with Crippen molar-refractivity contribution in [3.8, 4) is 11.8 Å². The summed E-state index contributed by atoms with van der Waals surface area (Å²) in [5.74, 6) is 2.11. The molecule has 0 aliphatic carbocycles. The Kier molecular flexibility index (Phi) is 4.75. The summed E-state index contributed by atoms with van der Waals surface area (Å²) in [5.41, 5.74) is 1.88. The largest absolute Gasteiger partial charge is 0.478 e. The predicted octanol–water partition coefficient (Wildman–Crippen LogP) is 1.81. The molecule has 0 atom stereocenters. The first-order valence-corrected chi connectivity index (χ1v) is 6.45. The van der Waals surface area contributed by atoms with Gasteiger partial charge in [0.25, 0.3) is 0 Å². The van der Waals surface area contributed by atoms with Crippen LogP contribution < -0.4 is 5.32 Å². The number of nitrogens with one attached hydrogen (secondary N) is 1. The zero-order chi connectivity index (χ0) is 16.8. The summed E-state index contributed by atoms with van der Waals surface area (Å²) in [6, 6.07) is 12.5. The summed E-state index contributed by atoms with van der Waals surface area (Å²) in [4.78, 5) is 32.2. The van der Waals surface area contributed by atoms with Crippen molar-refractivity contribution in [3.63, 3.8) is 0 Å². The molecule has 2 aromatic carbocycles. The number of anilines is 1. The van der Waals surface area contributed by atoms with Gasteiger partial charge in [-0.05, 0) is 48.5 Å². The van der Waals surface area contributed by atoms with Gasteiger partial charge in [-0.25, -0.2) is 9.59 Å². The first kappa shape index (κ1) is 15.8. The van der Waals surface area contributed by atoms with Crippen molar-refractivity contribution in [2.24, 2.45) is 0 Å². The molecule has 0 spiro atoms. The van der Waals surface area contributed by atoms with Crippen LogP contribution in [-0.2, 0) is 9.59 Å². The minimum atomic E-state index is -1.56. The highest BCUT2D eigenvalue weighted by molar-refractivity contribution is 6.36. The second-order valence-electron chi connectivity index (χ2n) is 4.47. The van der Waals surface area contributed by atoms with Gasteiger partial charge in [0.2, 0.25) is 0 Å². The Balaban J connectivity index is 2.08. The number of carboxylic acid groups (broad SMARTS) is 2. The van der Waals surface area contributed by atoms with Crippen molar-refractivity contribution in [1.82, 2.24) is 0 Å². The molecule has 0 saturated carbocycles. The number of carboxylic acids is 2. The molecule has 1 amide bonds. The summed E-state index contributed by atoms with van der Waals surface area (Å²) >= 11 is 0. The second-order valence-corrected chi connectivity index (χ2v) is 4.47. The second kappa shape index (κ2) is 6.91. The van der Waals surface area contributed by atoms with E-state index < -0.39 is 17.8 Å². The maximum absolute atomic E-state index is 11.0. The number of benzene rings is 2. The van der Waals surface area contributed by atoms with Gasteiger partial charge in [0, 0.05) is 16.8 Å². The number of carbonyl (C=O) groups excluding carboxylic acids is 1. The highest BCUT2D eigenvalue weighted by Gasteiger charge is 2.10. The predicted molar refractivity (Wildman–Crippen MR) is 82.1 cm³/mol. The minimum Gasteiger partial charge on any atom is -0.478 e. The maximum Gasteiger partial charge on any atom is 0.394 e. The molecule has 6 nitrogen and oxygen atoms in total. The monoisotopic (exact) mass is 309 g/mol. The fraction of sp³-hybridized carbons (Fsp3) is 0. The van der Waals surface area contributed by atoms with Crippen LogP contribution in [0.1, 0.15) is 21.5 Å². The lowest BCUT2D eigenvalue weighted by Crippen LogP contribution is -2.21. The van der Waals surface area contributed by atoms with E-state index in [1.165, 1.54) is 12.1 Å². The molecule has 0 aromatic heterocycles. The van der Waals surface area contributed by atoms with Crippen LogP contribution in [0.4, 0.5) is 5.69 Å². The van der Waals surface area contributed by atoms with Crippen LogP contribution in [0.3, 0.4) is 0 Å². The Morgan fingerprint density at radius 2 is 1.26 bits per heavy atom. The van der Waals surface area contributed by atoms with Gasteiger partial charge in [-0.2, -0.15) is 0 Å². The van der Waals surface area contributed by atoms with E-state index in [1.807, 2.05) is 0 Å². The maximum atomic E-state index is 11.0. The highest BCUT2D eigenvalue weighted by Crippen LogP contribution is 2.09. The first-order chi connectivity index (χ1) is 11.0. The van der Waals surface area contributed by atoms with Crippen molar-refractivity contribution in [1.29, 1.82) is 0 Å². The normalized spacial score (nSPS) is 9.39. The Morgan fingerprint density at radius 1 is 0.783 bits per heavy atom. The molecule has 23 heavy (non-hydrogen) atoms. The Bertz CT molecular complexity index is 811. The Hall–Kier alpha value is -3.59. The van der Waals surface area contributed by atoms with Crippen molar-refractivity contribution in [2.75, 3.05) is 5.32 Å². The van der Waals surface area contributed by atoms with Gasteiger partial charge in [-0.3, -0.25) is 4.79 Å². The first-order valence-electron chi connectivity index (χ1n) is 6.45. The number of aromatic carboxylic acids is 1. The van der Waals surface area contributed by atoms with Gasteiger partial charge >= 0.3 is 17.8 Å². The third-order valence-electron chi connectivity index (χ3n) is 2.82. The summed E-state index contributed by atoms with van der Waals surface area (Å²) in [6.07, 6.45) is 0. The zero-order valence-electron chi connectivity index (χ0n) is 11.7. The Labute approximate surface area is 131 Å². The SMILES string of the molecule is O=C(O)C(=O)Nc1ccc(C#Cc2ccc(C(=O)O)cc2)cc1. The number of aliphatic carboxylic acids is 1. The van der Waals surface area contributed by atoms with Gasteiger partial charge in [0.1, 0.15) is 0 Å². The third-order valence-corrected chi connectivity index (χ3v) is 2.82. The van der Waals surface area contributed by atoms with Crippen molar-refractivity contribution >= 4 is 23.5 Å². The van der Waals surface area contributed by atoms with E-state index in [0.29, 0.717) is 16.8 Å². The molecule has 0 aliphatic heterocycles. The molecule has 0 aliphatic rings. The molecule has 3 N–H and O–H groups in total. The van der Waals surface area contributed by atoms with E-state index >= 15 is 0 Å². The van der Waals surface area contributed by atoms with Crippen molar-refractivity contribution < 1.29 is 24.6 Å². The van der Waals surface area contributed by atoms with E-state index in [4.69, 9.17) is 10.2 Å². The lowest BCUT2D eigenvalue weighted by molar-refractivity contribution is -0.147. The molecule has 0 fully saturated rings. The van der Waals surface area contributed by atoms with Gasteiger partial charge < -0.3 is 15.5 Å². The van der Waals surface area contributed by atoms with Crippen LogP contribution in [0, 0.1) is 11.8 Å². The summed E-state index contributed by atoms with van der Waals surface area (Å²) in [6.45, 7) is 0. The number of carbonyl (C=O) groups is 3. The fourth-order valence-electron chi connectivity index (χ4n) is 1.66. The van der Waals surface area contributed by atoms with E-state index in [2.05, 4.69) is 17.2 Å². The molecule has 0 saturated heterocycles. The molecular formula is C17H11NO5. The molecule has 0 bridgehead atoms. The van der Waals surface area contributed by atoms with Gasteiger partial charge in [0.15, 0.2) is 0 Å². The highest BCUT2D eigenvalue weighted by atomic mass is 16.4. The molecule has 6 heteroatoms. The van der Waals surface area contributed by atoms with E-state index in [9.17, 15) is 14.4 Å². The smallest absolute Gasteiger partial charge is 0.394 e. The molecule has 2 rings (SSSR count). The van der Waals surface area contributed by atoms with Crippen LogP contribution in [0.5, 0.6) is 0 Å². The number of amides is 1.